The maximum Gasteiger partial charge on any atom is 0.252 e. The Balaban J connectivity index is 1.41. The van der Waals surface area contributed by atoms with Gasteiger partial charge in [-0.05, 0) is 25.7 Å². The van der Waals surface area contributed by atoms with E-state index in [0.29, 0.717) is 18.4 Å². The van der Waals surface area contributed by atoms with Crippen LogP contribution in [-0.2, 0) is 6.42 Å². The van der Waals surface area contributed by atoms with Crippen molar-refractivity contribution >= 4 is 11.8 Å². The van der Waals surface area contributed by atoms with Crippen molar-refractivity contribution in [1.29, 1.82) is 0 Å². The predicted molar refractivity (Wildman–Crippen MR) is 93.4 cm³/mol. The number of aliphatic hydroxyl groups is 1. The molecule has 2 aromatic heterocycles. The number of hydrogen-bond acceptors (Lipinski definition) is 7. The summed E-state index contributed by atoms with van der Waals surface area (Å²) < 4.78 is 4.07. The van der Waals surface area contributed by atoms with Crippen LogP contribution < -0.4 is 10.3 Å². The number of hydrogen-bond donors (Lipinski definition) is 2. The Labute approximate surface area is 150 Å². The molecule has 0 aromatic carbocycles. The lowest BCUT2D eigenvalue weighted by Gasteiger charge is -2.45. The molecule has 9 heteroatoms. The van der Waals surface area contributed by atoms with Crippen LogP contribution in [-0.4, -0.2) is 47.4 Å². The number of imidazole rings is 1. The van der Waals surface area contributed by atoms with Crippen molar-refractivity contribution in [2.45, 2.75) is 62.8 Å². The molecule has 3 atom stereocenters. The topological polar surface area (TPSA) is 96.4 Å². The van der Waals surface area contributed by atoms with Gasteiger partial charge in [0.15, 0.2) is 0 Å². The summed E-state index contributed by atoms with van der Waals surface area (Å²) in [5.74, 6) is 2.26. The van der Waals surface area contributed by atoms with Gasteiger partial charge >= 0.3 is 0 Å². The number of anilines is 1. The molecular formula is C17H22N8O. The van der Waals surface area contributed by atoms with E-state index >= 15 is 0 Å². The standard InChI is InChI=1S/C17H22N8O/c26-17(5-6-17)7-11-8-19-22-25(11)16-21-20-15-12-3-1-2-4-13(12)23-10-18-9-14(23)24(15)16/h8-10,12-13,15,20,26H,1-7H2. The predicted octanol–water partition coefficient (Wildman–Crippen LogP) is 0.842. The first kappa shape index (κ1) is 14.7. The minimum atomic E-state index is -0.594. The van der Waals surface area contributed by atoms with Crippen molar-refractivity contribution in [2.24, 2.45) is 11.0 Å². The van der Waals surface area contributed by atoms with Crippen LogP contribution in [0.1, 0.15) is 50.3 Å². The Morgan fingerprint density at radius 1 is 1.23 bits per heavy atom. The van der Waals surface area contributed by atoms with Gasteiger partial charge in [-0.3, -0.25) is 10.3 Å². The van der Waals surface area contributed by atoms with Gasteiger partial charge in [0.2, 0.25) is 0 Å². The zero-order valence-corrected chi connectivity index (χ0v) is 14.5. The normalized spacial score (nSPS) is 30.9. The fourth-order valence-corrected chi connectivity index (χ4v) is 4.84. The smallest absolute Gasteiger partial charge is 0.252 e. The molecule has 2 N–H and O–H groups in total. The van der Waals surface area contributed by atoms with Crippen LogP contribution in [0.5, 0.6) is 0 Å². The van der Waals surface area contributed by atoms with Gasteiger partial charge in [0.25, 0.3) is 5.96 Å². The van der Waals surface area contributed by atoms with E-state index in [1.807, 2.05) is 12.5 Å². The second-order valence-electron chi connectivity index (χ2n) is 8.07. The van der Waals surface area contributed by atoms with E-state index in [0.717, 1.165) is 30.3 Å². The fraction of sp³-hybridized carbons (Fsp3) is 0.647. The average Bonchev–Trinajstić information content (AvgIpc) is 3.10. The van der Waals surface area contributed by atoms with Crippen molar-refractivity contribution in [1.82, 2.24) is 30.0 Å². The zero-order valence-electron chi connectivity index (χ0n) is 14.5. The second-order valence-corrected chi connectivity index (χ2v) is 8.07. The Morgan fingerprint density at radius 3 is 3.00 bits per heavy atom. The van der Waals surface area contributed by atoms with Gasteiger partial charge in [-0.15, -0.1) is 10.2 Å². The van der Waals surface area contributed by atoms with Gasteiger partial charge in [-0.2, -0.15) is 4.68 Å². The first-order chi connectivity index (χ1) is 12.7. The molecule has 136 valence electrons. The SMILES string of the molecule is OC1(Cc2cnnn2C2=NNC3C4CCCCC4n4cncc4N23)CC1. The Hall–Kier alpha value is -2.42. The lowest BCUT2D eigenvalue weighted by molar-refractivity contribution is 0.149. The van der Waals surface area contributed by atoms with Gasteiger partial charge in [0.05, 0.1) is 30.0 Å². The molecule has 0 bridgehead atoms. The van der Waals surface area contributed by atoms with E-state index in [4.69, 9.17) is 0 Å². The van der Waals surface area contributed by atoms with Crippen LogP contribution in [0.15, 0.2) is 23.8 Å². The van der Waals surface area contributed by atoms with Crippen LogP contribution in [0, 0.1) is 5.92 Å². The Bertz CT molecular complexity index is 881. The van der Waals surface area contributed by atoms with E-state index < -0.39 is 5.60 Å². The average molecular weight is 354 g/mol. The first-order valence-electron chi connectivity index (χ1n) is 9.50. The third-order valence-electron chi connectivity index (χ3n) is 6.37. The summed E-state index contributed by atoms with van der Waals surface area (Å²) >= 11 is 0. The molecule has 4 aliphatic rings. The van der Waals surface area contributed by atoms with Gasteiger partial charge in [0, 0.05) is 18.4 Å². The van der Waals surface area contributed by atoms with Crippen molar-refractivity contribution in [3.05, 3.63) is 24.4 Å². The number of hydrazone groups is 1. The molecule has 0 spiro atoms. The highest BCUT2D eigenvalue weighted by Gasteiger charge is 2.48. The fourth-order valence-electron chi connectivity index (χ4n) is 4.84. The summed E-state index contributed by atoms with van der Waals surface area (Å²) in [7, 11) is 0. The first-order valence-corrected chi connectivity index (χ1v) is 9.50. The maximum atomic E-state index is 10.3. The molecule has 6 rings (SSSR count). The van der Waals surface area contributed by atoms with Crippen LogP contribution in [0.25, 0.3) is 0 Å². The third kappa shape index (κ3) is 2.00. The number of nitrogens with one attached hydrogen (secondary N) is 1. The van der Waals surface area contributed by atoms with Gasteiger partial charge in [-0.25, -0.2) is 4.98 Å². The summed E-state index contributed by atoms with van der Waals surface area (Å²) in [6.07, 6.45) is 12.8. The molecule has 0 saturated heterocycles. The molecule has 2 saturated carbocycles. The van der Waals surface area contributed by atoms with Crippen molar-refractivity contribution in [2.75, 3.05) is 4.90 Å². The minimum absolute atomic E-state index is 0.126. The van der Waals surface area contributed by atoms with Crippen molar-refractivity contribution < 1.29 is 5.11 Å². The lowest BCUT2D eigenvalue weighted by atomic mass is 9.80. The quantitative estimate of drug-likeness (QED) is 0.830. The van der Waals surface area contributed by atoms with Crippen LogP contribution >= 0.6 is 0 Å². The van der Waals surface area contributed by atoms with Crippen LogP contribution in [0.4, 0.5) is 5.82 Å². The highest BCUT2D eigenvalue weighted by atomic mass is 16.3. The molecule has 0 amide bonds. The molecule has 2 fully saturated rings. The highest BCUT2D eigenvalue weighted by Crippen LogP contribution is 2.45. The Morgan fingerprint density at radius 2 is 2.12 bits per heavy atom. The molecule has 26 heavy (non-hydrogen) atoms. The largest absolute Gasteiger partial charge is 0.389 e. The summed E-state index contributed by atoms with van der Waals surface area (Å²) in [5.41, 5.74) is 3.65. The lowest BCUT2D eigenvalue weighted by Crippen LogP contribution is -2.54. The Kier molecular flexibility index (Phi) is 2.87. The molecule has 2 aromatic rings. The number of fused-ring (bicyclic) bond motifs is 6. The van der Waals surface area contributed by atoms with Crippen LogP contribution in [0.2, 0.25) is 0 Å². The number of nitrogens with zero attached hydrogens (tertiary/aromatic N) is 7. The number of aromatic nitrogens is 5. The third-order valence-corrected chi connectivity index (χ3v) is 6.37. The van der Waals surface area contributed by atoms with E-state index in [-0.39, 0.29) is 6.17 Å². The molecule has 2 aliphatic heterocycles. The van der Waals surface area contributed by atoms with Gasteiger partial charge < -0.3 is 9.67 Å². The van der Waals surface area contributed by atoms with E-state index in [1.165, 1.54) is 25.7 Å². The molecule has 0 radical (unpaired) electrons. The minimum Gasteiger partial charge on any atom is -0.389 e. The molecule has 9 nitrogen and oxygen atoms in total. The van der Waals surface area contributed by atoms with Gasteiger partial charge in [-0.1, -0.05) is 18.1 Å². The van der Waals surface area contributed by atoms with E-state index in [9.17, 15) is 5.11 Å². The second kappa shape index (κ2) is 5.06. The summed E-state index contributed by atoms with van der Waals surface area (Å²) in [6, 6.07) is 0.479. The zero-order chi connectivity index (χ0) is 17.3. The van der Waals surface area contributed by atoms with Crippen LogP contribution in [0.3, 0.4) is 0 Å². The molecular weight excluding hydrogens is 332 g/mol. The van der Waals surface area contributed by atoms with Crippen molar-refractivity contribution in [3.63, 3.8) is 0 Å². The van der Waals surface area contributed by atoms with Gasteiger partial charge in [0.1, 0.15) is 12.0 Å². The van der Waals surface area contributed by atoms with E-state index in [1.54, 1.807) is 10.9 Å². The van der Waals surface area contributed by atoms with Crippen molar-refractivity contribution in [3.8, 4) is 0 Å². The highest BCUT2D eigenvalue weighted by molar-refractivity contribution is 5.98. The molecule has 4 heterocycles. The maximum absolute atomic E-state index is 10.3. The van der Waals surface area contributed by atoms with E-state index in [2.05, 4.69) is 35.3 Å². The summed E-state index contributed by atoms with van der Waals surface area (Å²) in [4.78, 5) is 6.62. The monoisotopic (exact) mass is 354 g/mol. The summed E-state index contributed by atoms with van der Waals surface area (Å²) in [6.45, 7) is 0. The molecule has 3 unspecified atom stereocenters. The molecule has 2 aliphatic carbocycles. The number of rotatable bonds is 2. The summed E-state index contributed by atoms with van der Waals surface area (Å²) in [5, 5.41) is 23.3.